The molecule has 1 saturated carbocycles. The van der Waals surface area contributed by atoms with Gasteiger partial charge in [-0.1, -0.05) is 24.3 Å². The van der Waals surface area contributed by atoms with Gasteiger partial charge in [0.05, 0.1) is 12.2 Å². The Labute approximate surface area is 164 Å². The van der Waals surface area contributed by atoms with Crippen LogP contribution in [0, 0.1) is 11.7 Å². The van der Waals surface area contributed by atoms with E-state index in [0.717, 1.165) is 29.0 Å². The molecule has 0 radical (unpaired) electrons. The first kappa shape index (κ1) is 18.0. The minimum absolute atomic E-state index is 0.0499. The summed E-state index contributed by atoms with van der Waals surface area (Å²) in [4.78, 5) is 17.3. The molecule has 0 atom stereocenters. The molecule has 0 bridgehead atoms. The highest BCUT2D eigenvalue weighted by atomic mass is 35.5. The molecule has 1 aliphatic carbocycles. The summed E-state index contributed by atoms with van der Waals surface area (Å²) in [6, 6.07) is 13.8. The number of aromatic nitrogens is 3. The molecule has 1 fully saturated rings. The number of anilines is 1. The van der Waals surface area contributed by atoms with Gasteiger partial charge in [0.2, 0.25) is 11.2 Å². The molecule has 1 amide bonds. The Bertz CT molecular complexity index is 972. The SMILES string of the molecule is O=C(Nc1ccccc1Sc1nc(Cl)nn1Cc1ccc(F)cc1)C1CC1. The third-order valence-electron chi connectivity index (χ3n) is 4.15. The number of hydrogen-bond donors (Lipinski definition) is 1. The summed E-state index contributed by atoms with van der Waals surface area (Å²) in [5.41, 5.74) is 1.63. The van der Waals surface area contributed by atoms with E-state index >= 15 is 0 Å². The Kier molecular flexibility index (Phi) is 5.13. The molecule has 2 aromatic carbocycles. The van der Waals surface area contributed by atoms with Gasteiger partial charge in [-0.15, -0.1) is 5.10 Å². The van der Waals surface area contributed by atoms with Crippen molar-refractivity contribution in [3.05, 3.63) is 65.2 Å². The van der Waals surface area contributed by atoms with E-state index in [2.05, 4.69) is 15.4 Å². The molecule has 5 nitrogen and oxygen atoms in total. The lowest BCUT2D eigenvalue weighted by atomic mass is 10.2. The Morgan fingerprint density at radius 1 is 1.22 bits per heavy atom. The van der Waals surface area contributed by atoms with Crippen molar-refractivity contribution in [2.24, 2.45) is 5.92 Å². The van der Waals surface area contributed by atoms with E-state index in [1.165, 1.54) is 23.9 Å². The van der Waals surface area contributed by atoms with Gasteiger partial charge in [0.1, 0.15) is 5.82 Å². The van der Waals surface area contributed by atoms with Gasteiger partial charge < -0.3 is 5.32 Å². The van der Waals surface area contributed by atoms with Crippen molar-refractivity contribution in [2.45, 2.75) is 29.4 Å². The molecule has 0 saturated heterocycles. The lowest BCUT2D eigenvalue weighted by Crippen LogP contribution is -2.13. The molecular formula is C19H16ClFN4OS. The topological polar surface area (TPSA) is 59.8 Å². The maximum absolute atomic E-state index is 13.1. The first-order valence-electron chi connectivity index (χ1n) is 8.51. The zero-order valence-corrected chi connectivity index (χ0v) is 15.8. The van der Waals surface area contributed by atoms with Crippen LogP contribution in [0.15, 0.2) is 58.6 Å². The van der Waals surface area contributed by atoms with Crippen LogP contribution in [0.3, 0.4) is 0 Å². The molecule has 27 heavy (non-hydrogen) atoms. The largest absolute Gasteiger partial charge is 0.325 e. The smallest absolute Gasteiger partial charge is 0.243 e. The van der Waals surface area contributed by atoms with Crippen molar-refractivity contribution in [2.75, 3.05) is 5.32 Å². The molecule has 1 N–H and O–H groups in total. The third-order valence-corrected chi connectivity index (χ3v) is 5.37. The van der Waals surface area contributed by atoms with Gasteiger partial charge in [-0.2, -0.15) is 4.98 Å². The molecule has 8 heteroatoms. The van der Waals surface area contributed by atoms with E-state index in [4.69, 9.17) is 11.6 Å². The molecule has 1 heterocycles. The number of nitrogens with zero attached hydrogens (tertiary/aromatic N) is 3. The maximum Gasteiger partial charge on any atom is 0.243 e. The van der Waals surface area contributed by atoms with E-state index in [1.807, 2.05) is 24.3 Å². The normalized spacial score (nSPS) is 13.6. The van der Waals surface area contributed by atoms with E-state index in [0.29, 0.717) is 11.7 Å². The van der Waals surface area contributed by atoms with Gasteiger partial charge in [0, 0.05) is 10.8 Å². The van der Waals surface area contributed by atoms with E-state index in [1.54, 1.807) is 16.8 Å². The average molecular weight is 403 g/mol. The van der Waals surface area contributed by atoms with Gasteiger partial charge in [-0.05, 0) is 66.0 Å². The Balaban J connectivity index is 1.56. The van der Waals surface area contributed by atoms with Gasteiger partial charge in [-0.25, -0.2) is 9.07 Å². The van der Waals surface area contributed by atoms with E-state index < -0.39 is 0 Å². The first-order valence-corrected chi connectivity index (χ1v) is 9.70. The van der Waals surface area contributed by atoms with Crippen molar-refractivity contribution in [1.82, 2.24) is 14.8 Å². The minimum Gasteiger partial charge on any atom is -0.325 e. The molecular weight excluding hydrogens is 387 g/mol. The van der Waals surface area contributed by atoms with Crippen LogP contribution in [0.2, 0.25) is 5.28 Å². The highest BCUT2D eigenvalue weighted by Crippen LogP contribution is 2.35. The summed E-state index contributed by atoms with van der Waals surface area (Å²) in [6.45, 7) is 0.416. The Morgan fingerprint density at radius 3 is 2.70 bits per heavy atom. The molecule has 1 aliphatic rings. The number of nitrogens with one attached hydrogen (secondary N) is 1. The van der Waals surface area contributed by atoms with Crippen LogP contribution in [0.4, 0.5) is 10.1 Å². The van der Waals surface area contributed by atoms with Crippen LogP contribution in [0.25, 0.3) is 0 Å². The van der Waals surface area contributed by atoms with Crippen molar-refractivity contribution in [3.63, 3.8) is 0 Å². The van der Waals surface area contributed by atoms with Gasteiger partial charge in [0.15, 0.2) is 5.16 Å². The lowest BCUT2D eigenvalue weighted by molar-refractivity contribution is -0.117. The quantitative estimate of drug-likeness (QED) is 0.653. The van der Waals surface area contributed by atoms with Crippen LogP contribution >= 0.6 is 23.4 Å². The second-order valence-electron chi connectivity index (χ2n) is 6.31. The Morgan fingerprint density at radius 2 is 1.96 bits per heavy atom. The standard InChI is InChI=1S/C19H16ClFN4OS/c20-18-23-19(25(24-18)11-12-5-9-14(21)10-6-12)27-16-4-2-1-3-15(16)22-17(26)13-7-8-13/h1-6,9-10,13H,7-8,11H2,(H,22,26). The van der Waals surface area contributed by atoms with E-state index in [9.17, 15) is 9.18 Å². The molecule has 1 aromatic heterocycles. The summed E-state index contributed by atoms with van der Waals surface area (Å²) in [7, 11) is 0. The highest BCUT2D eigenvalue weighted by Gasteiger charge is 2.30. The van der Waals surface area contributed by atoms with Crippen LogP contribution in [0.1, 0.15) is 18.4 Å². The molecule has 4 rings (SSSR count). The van der Waals surface area contributed by atoms with Gasteiger partial charge in [0.25, 0.3) is 0 Å². The molecule has 0 spiro atoms. The predicted molar refractivity (Wildman–Crippen MR) is 102 cm³/mol. The summed E-state index contributed by atoms with van der Waals surface area (Å²) < 4.78 is 14.8. The molecule has 138 valence electrons. The van der Waals surface area contributed by atoms with Crippen molar-refractivity contribution in [3.8, 4) is 0 Å². The Hall–Kier alpha value is -2.38. The van der Waals surface area contributed by atoms with Crippen LogP contribution in [-0.2, 0) is 11.3 Å². The summed E-state index contributed by atoms with van der Waals surface area (Å²) >= 11 is 7.39. The molecule has 0 unspecified atom stereocenters. The number of amides is 1. The number of halogens is 2. The summed E-state index contributed by atoms with van der Waals surface area (Å²) in [5, 5.41) is 7.94. The van der Waals surface area contributed by atoms with Crippen molar-refractivity contribution in [1.29, 1.82) is 0 Å². The van der Waals surface area contributed by atoms with Crippen LogP contribution < -0.4 is 5.32 Å². The van der Waals surface area contributed by atoms with Gasteiger partial charge >= 0.3 is 0 Å². The maximum atomic E-state index is 13.1. The fourth-order valence-electron chi connectivity index (χ4n) is 2.58. The van der Waals surface area contributed by atoms with Crippen molar-refractivity contribution < 1.29 is 9.18 Å². The number of carbonyl (C=O) groups is 1. The number of rotatable bonds is 6. The third kappa shape index (κ3) is 4.48. The number of benzene rings is 2. The van der Waals surface area contributed by atoms with Crippen molar-refractivity contribution >= 4 is 35.0 Å². The monoisotopic (exact) mass is 402 g/mol. The molecule has 0 aliphatic heterocycles. The first-order chi connectivity index (χ1) is 13.1. The zero-order valence-electron chi connectivity index (χ0n) is 14.2. The average Bonchev–Trinajstić information content (AvgIpc) is 3.44. The van der Waals surface area contributed by atoms with Crippen LogP contribution in [0.5, 0.6) is 0 Å². The second-order valence-corrected chi connectivity index (χ2v) is 7.66. The van der Waals surface area contributed by atoms with Crippen LogP contribution in [-0.4, -0.2) is 20.7 Å². The zero-order chi connectivity index (χ0) is 18.8. The fraction of sp³-hybridized carbons (Fsp3) is 0.211. The number of carbonyl (C=O) groups excluding carboxylic acids is 1. The molecule has 3 aromatic rings. The highest BCUT2D eigenvalue weighted by molar-refractivity contribution is 7.99. The minimum atomic E-state index is -0.287. The van der Waals surface area contributed by atoms with Gasteiger partial charge in [-0.3, -0.25) is 4.79 Å². The summed E-state index contributed by atoms with van der Waals surface area (Å²) in [6.07, 6.45) is 1.89. The number of para-hydroxylation sites is 1. The lowest BCUT2D eigenvalue weighted by Gasteiger charge is -2.11. The second kappa shape index (κ2) is 7.70. The predicted octanol–water partition coefficient (Wildman–Crippen LogP) is 4.62. The summed E-state index contributed by atoms with van der Waals surface area (Å²) in [5.74, 6) is -0.112. The fourth-order valence-corrected chi connectivity index (χ4v) is 3.72. The number of hydrogen-bond acceptors (Lipinski definition) is 4. The van der Waals surface area contributed by atoms with E-state index in [-0.39, 0.29) is 22.9 Å².